The fraction of sp³-hybridized carbons (Fsp3) is 0.471. The first-order valence-corrected chi connectivity index (χ1v) is 17.4. The van der Waals surface area contributed by atoms with Crippen molar-refractivity contribution in [1.82, 2.24) is 0 Å². The summed E-state index contributed by atoms with van der Waals surface area (Å²) in [4.78, 5) is 0. The zero-order chi connectivity index (χ0) is 26.2. The molecule has 0 aliphatic rings. The van der Waals surface area contributed by atoms with Crippen LogP contribution in [0.2, 0.25) is 0 Å². The molecular formula is C34H48F2P2Ti. The summed E-state index contributed by atoms with van der Waals surface area (Å²) in [5, 5.41) is 8.85. The summed E-state index contributed by atoms with van der Waals surface area (Å²) in [5.41, 5.74) is 0. The van der Waals surface area contributed by atoms with Crippen LogP contribution in [-0.2, 0) is 21.7 Å². The molecule has 4 aromatic carbocycles. The third kappa shape index (κ3) is 12.2. The van der Waals surface area contributed by atoms with Gasteiger partial charge in [0.1, 0.15) is 0 Å². The van der Waals surface area contributed by atoms with E-state index in [0.717, 1.165) is 23.7 Å². The second kappa shape index (κ2) is 18.5. The van der Waals surface area contributed by atoms with Gasteiger partial charge in [0.05, 0.1) is 0 Å². The Hall–Kier alpha value is -0.906. The van der Waals surface area contributed by atoms with Gasteiger partial charge in [0, 0.05) is 0 Å². The average Bonchev–Trinajstić information content (AvgIpc) is 3.42. The summed E-state index contributed by atoms with van der Waals surface area (Å²) in [5.74, 6) is 3.20. The molecule has 0 heterocycles. The van der Waals surface area contributed by atoms with Gasteiger partial charge >= 0.3 is 21.7 Å². The van der Waals surface area contributed by atoms with Gasteiger partial charge in [0.15, 0.2) is 0 Å². The zero-order valence-electron chi connectivity index (χ0n) is 25.2. The summed E-state index contributed by atoms with van der Waals surface area (Å²) >= 11 is 0. The topological polar surface area (TPSA) is 0 Å². The first-order chi connectivity index (χ1) is 17.1. The summed E-state index contributed by atoms with van der Waals surface area (Å²) in [6.45, 7) is 18.8. The van der Waals surface area contributed by atoms with Crippen LogP contribution in [0.1, 0.15) is 55.4 Å². The monoisotopic (exact) mass is 604 g/mol. The predicted octanol–water partition coefficient (Wildman–Crippen LogP) is 3.96. The van der Waals surface area contributed by atoms with Crippen molar-refractivity contribution in [2.45, 2.75) is 55.4 Å². The number of hydrogen-bond donors (Lipinski definition) is 0. The number of halogens is 2. The van der Waals surface area contributed by atoms with Crippen molar-refractivity contribution in [2.75, 3.05) is 24.6 Å². The molecule has 4 rings (SSSR count). The summed E-state index contributed by atoms with van der Waals surface area (Å²) in [6, 6.07) is 27.2. The SMILES string of the molecule is CC(C)CP(CC(C)C)c1cc2ccccc2[cH-]1.CC(C)CP(CC(C)C)c1cc2ccccc2[cH-]1.[F-].[F-].[Ti+4]. The van der Waals surface area contributed by atoms with E-state index in [-0.39, 0.29) is 47.0 Å². The number of benzene rings is 2. The van der Waals surface area contributed by atoms with Crippen LogP contribution in [0.3, 0.4) is 0 Å². The van der Waals surface area contributed by atoms with Crippen molar-refractivity contribution in [3.05, 3.63) is 72.8 Å². The van der Waals surface area contributed by atoms with Crippen LogP contribution >= 0.6 is 15.8 Å². The van der Waals surface area contributed by atoms with E-state index in [0.29, 0.717) is 0 Å². The molecule has 0 aromatic heterocycles. The van der Waals surface area contributed by atoms with Gasteiger partial charge in [-0.2, -0.15) is 12.1 Å². The Morgan fingerprint density at radius 1 is 0.513 bits per heavy atom. The first kappa shape index (κ1) is 38.1. The maximum Gasteiger partial charge on any atom is 4.00 e. The maximum absolute atomic E-state index is 2.42. The van der Waals surface area contributed by atoms with Crippen LogP contribution in [0.15, 0.2) is 72.8 Å². The summed E-state index contributed by atoms with van der Waals surface area (Å²) < 4.78 is 0. The molecule has 0 N–H and O–H groups in total. The molecule has 0 bridgehead atoms. The van der Waals surface area contributed by atoms with Crippen molar-refractivity contribution in [1.29, 1.82) is 0 Å². The fourth-order valence-electron chi connectivity index (χ4n) is 4.97. The Labute approximate surface area is 254 Å². The van der Waals surface area contributed by atoms with Gasteiger partial charge in [-0.1, -0.05) is 83.4 Å². The molecule has 0 spiro atoms. The van der Waals surface area contributed by atoms with Crippen LogP contribution in [0.5, 0.6) is 0 Å². The normalized spacial score (nSPS) is 11.2. The van der Waals surface area contributed by atoms with Crippen LogP contribution in [0.25, 0.3) is 21.5 Å². The third-order valence-electron chi connectivity index (χ3n) is 6.28. The van der Waals surface area contributed by atoms with Crippen LogP contribution < -0.4 is 20.0 Å². The minimum atomic E-state index is 0. The quantitative estimate of drug-likeness (QED) is 0.146. The number of hydrogen-bond acceptors (Lipinski definition) is 0. The Bertz CT molecular complexity index is 1010. The standard InChI is InChI=1S/2C17H24P.2FH.Ti/c2*1-13(2)11-18(12-14(3)4)17-9-15-7-5-6-8-16(15)10-17;;;/h2*5-10,13-14H,11-12H2,1-4H3;2*1H;/q2*-1;;;+4/p-2. The Balaban J connectivity index is 0.000000688. The van der Waals surface area contributed by atoms with Gasteiger partial charge in [-0.3, -0.25) is 0 Å². The van der Waals surface area contributed by atoms with Gasteiger partial charge in [-0.05, 0) is 48.3 Å². The molecule has 0 aliphatic carbocycles. The molecule has 0 saturated carbocycles. The van der Waals surface area contributed by atoms with Gasteiger partial charge < -0.3 is 9.41 Å². The smallest absolute Gasteiger partial charge is 1.00 e. The van der Waals surface area contributed by atoms with Gasteiger partial charge in [-0.25, -0.2) is 0 Å². The van der Waals surface area contributed by atoms with E-state index in [1.807, 2.05) is 0 Å². The van der Waals surface area contributed by atoms with Crippen molar-refractivity contribution < 1.29 is 31.1 Å². The Kier molecular flexibility index (Phi) is 18.1. The predicted molar refractivity (Wildman–Crippen MR) is 171 cm³/mol. The van der Waals surface area contributed by atoms with E-state index in [2.05, 4.69) is 128 Å². The van der Waals surface area contributed by atoms with E-state index in [1.54, 1.807) is 10.6 Å². The minimum absolute atomic E-state index is 0. The molecule has 0 saturated heterocycles. The van der Waals surface area contributed by atoms with E-state index in [9.17, 15) is 0 Å². The zero-order valence-corrected chi connectivity index (χ0v) is 28.6. The second-order valence-electron chi connectivity index (χ2n) is 12.1. The molecule has 39 heavy (non-hydrogen) atoms. The molecule has 5 heteroatoms. The average molecular weight is 605 g/mol. The molecular weight excluding hydrogens is 556 g/mol. The third-order valence-corrected chi connectivity index (χ3v) is 12.9. The van der Waals surface area contributed by atoms with Crippen molar-refractivity contribution in [3.63, 3.8) is 0 Å². The Morgan fingerprint density at radius 2 is 0.795 bits per heavy atom. The molecule has 0 atom stereocenters. The van der Waals surface area contributed by atoms with Crippen LogP contribution in [0.4, 0.5) is 0 Å². The molecule has 0 amide bonds. The molecule has 212 valence electrons. The van der Waals surface area contributed by atoms with Crippen molar-refractivity contribution in [2.24, 2.45) is 23.7 Å². The van der Waals surface area contributed by atoms with Crippen LogP contribution in [0, 0.1) is 23.7 Å². The molecule has 4 aromatic rings. The number of fused-ring (bicyclic) bond motifs is 2. The van der Waals surface area contributed by atoms with Gasteiger partial charge in [0.2, 0.25) is 0 Å². The molecule has 0 radical (unpaired) electrons. The van der Waals surface area contributed by atoms with Crippen LogP contribution in [-0.4, -0.2) is 24.6 Å². The van der Waals surface area contributed by atoms with E-state index in [1.165, 1.54) is 46.2 Å². The second-order valence-corrected chi connectivity index (χ2v) is 16.7. The fourth-order valence-corrected chi connectivity index (χ4v) is 10.9. The first-order valence-electron chi connectivity index (χ1n) is 13.9. The van der Waals surface area contributed by atoms with E-state index < -0.39 is 0 Å². The Morgan fingerprint density at radius 3 is 1.05 bits per heavy atom. The van der Waals surface area contributed by atoms with E-state index in [4.69, 9.17) is 0 Å². The van der Waals surface area contributed by atoms with Gasteiger partial charge in [0.25, 0.3) is 0 Å². The van der Waals surface area contributed by atoms with Crippen molar-refractivity contribution >= 4 is 48.0 Å². The number of rotatable bonds is 10. The molecule has 0 nitrogen and oxygen atoms in total. The largest absolute Gasteiger partial charge is 4.00 e. The van der Waals surface area contributed by atoms with Crippen molar-refractivity contribution in [3.8, 4) is 0 Å². The summed E-state index contributed by atoms with van der Waals surface area (Å²) in [6.07, 6.45) is 5.46. The minimum Gasteiger partial charge on any atom is -1.00 e. The molecule has 0 aliphatic heterocycles. The molecule has 0 fully saturated rings. The molecule has 0 unspecified atom stereocenters. The van der Waals surface area contributed by atoms with E-state index >= 15 is 0 Å². The van der Waals surface area contributed by atoms with Gasteiger partial charge in [-0.15, -0.1) is 80.7 Å². The maximum atomic E-state index is 2.42. The summed E-state index contributed by atoms with van der Waals surface area (Å²) in [7, 11) is 0.0370.